The third kappa shape index (κ3) is 2.09. The number of β-amino-alcohol motifs (C(OH)–C–C–N with tert-alkyl or cyclic N) is 2. The average molecular weight is 241 g/mol. The summed E-state index contributed by atoms with van der Waals surface area (Å²) in [6.45, 7) is -0.151. The maximum atomic E-state index is 13.4. The first kappa shape index (κ1) is 11.8. The monoisotopic (exact) mass is 241 g/mol. The van der Waals surface area contributed by atoms with Gasteiger partial charge in [-0.3, -0.25) is 4.79 Å². The van der Waals surface area contributed by atoms with Gasteiger partial charge in [-0.2, -0.15) is 0 Å². The first-order valence-corrected chi connectivity index (χ1v) is 5.13. The van der Waals surface area contributed by atoms with E-state index >= 15 is 0 Å². The smallest absolute Gasteiger partial charge is 0.260 e. The van der Waals surface area contributed by atoms with Crippen LogP contribution in [0.3, 0.4) is 0 Å². The lowest BCUT2D eigenvalue weighted by atomic mass is 10.1. The van der Waals surface area contributed by atoms with E-state index in [0.717, 1.165) is 11.0 Å². The van der Waals surface area contributed by atoms with Crippen LogP contribution in [0.1, 0.15) is 10.4 Å². The highest BCUT2D eigenvalue weighted by molar-refractivity contribution is 5.97. The molecular formula is C11H12FNO4. The molecule has 0 bridgehead atoms. The van der Waals surface area contributed by atoms with Crippen molar-refractivity contribution >= 4 is 5.91 Å². The van der Waals surface area contributed by atoms with Gasteiger partial charge in [0.25, 0.3) is 5.91 Å². The van der Waals surface area contributed by atoms with E-state index in [-0.39, 0.29) is 13.1 Å². The number of carbonyl (C=O) groups excluding carboxylic acids is 1. The Labute approximate surface area is 96.7 Å². The van der Waals surface area contributed by atoms with Crippen molar-refractivity contribution in [1.29, 1.82) is 0 Å². The van der Waals surface area contributed by atoms with Gasteiger partial charge in [-0.15, -0.1) is 0 Å². The number of hydrogen-bond donors (Lipinski definition) is 3. The molecule has 17 heavy (non-hydrogen) atoms. The van der Waals surface area contributed by atoms with E-state index < -0.39 is 35.2 Å². The lowest BCUT2D eigenvalue weighted by Crippen LogP contribution is -2.30. The molecule has 0 aromatic heterocycles. The topological polar surface area (TPSA) is 81.0 Å². The fourth-order valence-electron chi connectivity index (χ4n) is 1.82. The van der Waals surface area contributed by atoms with Crippen molar-refractivity contribution in [2.45, 2.75) is 12.2 Å². The molecule has 1 aromatic carbocycles. The molecule has 0 spiro atoms. The Morgan fingerprint density at radius 2 is 1.88 bits per heavy atom. The first-order valence-electron chi connectivity index (χ1n) is 5.13. The van der Waals surface area contributed by atoms with Crippen LogP contribution < -0.4 is 0 Å². The summed E-state index contributed by atoms with van der Waals surface area (Å²) in [5, 5.41) is 28.0. The number of hydrogen-bond acceptors (Lipinski definition) is 4. The number of nitrogens with zero attached hydrogens (tertiary/aromatic N) is 1. The first-order chi connectivity index (χ1) is 8.00. The number of aliphatic hydroxyl groups excluding tert-OH is 2. The zero-order valence-corrected chi connectivity index (χ0v) is 8.88. The number of aliphatic hydroxyl groups is 2. The van der Waals surface area contributed by atoms with Gasteiger partial charge < -0.3 is 20.2 Å². The molecule has 1 aliphatic heterocycles. The maximum Gasteiger partial charge on any atom is 0.260 e. The van der Waals surface area contributed by atoms with E-state index in [1.807, 2.05) is 0 Å². The van der Waals surface area contributed by atoms with Crippen LogP contribution in [-0.4, -0.2) is 51.4 Å². The van der Waals surface area contributed by atoms with E-state index in [1.54, 1.807) is 0 Å². The summed E-state index contributed by atoms with van der Waals surface area (Å²) in [5.41, 5.74) is -0.436. The minimum atomic E-state index is -1.03. The molecule has 1 aliphatic rings. The highest BCUT2D eigenvalue weighted by atomic mass is 19.1. The largest absolute Gasteiger partial charge is 0.507 e. The molecule has 1 aromatic rings. The second-order valence-corrected chi connectivity index (χ2v) is 3.98. The van der Waals surface area contributed by atoms with Gasteiger partial charge in [0.05, 0.1) is 12.2 Å². The molecule has 5 nitrogen and oxygen atoms in total. The third-order valence-electron chi connectivity index (χ3n) is 2.75. The zero-order chi connectivity index (χ0) is 12.6. The minimum Gasteiger partial charge on any atom is -0.507 e. The van der Waals surface area contributed by atoms with Gasteiger partial charge in [0.1, 0.15) is 17.1 Å². The zero-order valence-electron chi connectivity index (χ0n) is 8.88. The number of benzene rings is 1. The number of carbonyl (C=O) groups is 1. The Morgan fingerprint density at radius 3 is 2.41 bits per heavy atom. The molecule has 0 radical (unpaired) electrons. The van der Waals surface area contributed by atoms with Gasteiger partial charge in [0.2, 0.25) is 0 Å². The molecule has 0 aliphatic carbocycles. The molecule has 2 rings (SSSR count). The number of phenolic OH excluding ortho intramolecular Hbond substituents is 1. The Hall–Kier alpha value is -1.66. The summed E-state index contributed by atoms with van der Waals surface area (Å²) >= 11 is 0. The molecule has 1 heterocycles. The lowest BCUT2D eigenvalue weighted by Gasteiger charge is -2.16. The predicted octanol–water partition coefficient (Wildman–Crippen LogP) is -0.291. The Morgan fingerprint density at radius 1 is 1.29 bits per heavy atom. The standard InChI is InChI=1S/C11H12FNO4/c12-6-2-1-3-7(14)10(6)11(17)13-4-8(15)9(16)5-13/h1-3,8-9,14-16H,4-5H2/t8-,9+. The maximum absolute atomic E-state index is 13.4. The van der Waals surface area contributed by atoms with E-state index in [9.17, 15) is 24.5 Å². The fraction of sp³-hybridized carbons (Fsp3) is 0.364. The van der Waals surface area contributed by atoms with Crippen molar-refractivity contribution in [2.24, 2.45) is 0 Å². The Balaban J connectivity index is 2.27. The number of aromatic hydroxyl groups is 1. The van der Waals surface area contributed by atoms with Crippen molar-refractivity contribution < 1.29 is 24.5 Å². The summed E-state index contributed by atoms with van der Waals surface area (Å²) in [4.78, 5) is 13.0. The summed E-state index contributed by atoms with van der Waals surface area (Å²) in [5.74, 6) is -2.02. The number of halogens is 1. The van der Waals surface area contributed by atoms with Crippen molar-refractivity contribution in [1.82, 2.24) is 4.90 Å². The fourth-order valence-corrected chi connectivity index (χ4v) is 1.82. The van der Waals surface area contributed by atoms with E-state index in [4.69, 9.17) is 0 Å². The lowest BCUT2D eigenvalue weighted by molar-refractivity contribution is 0.0572. The molecule has 3 N–H and O–H groups in total. The van der Waals surface area contributed by atoms with E-state index in [0.29, 0.717) is 0 Å². The van der Waals surface area contributed by atoms with Gasteiger partial charge in [0.15, 0.2) is 0 Å². The summed E-state index contributed by atoms with van der Waals surface area (Å²) < 4.78 is 13.4. The van der Waals surface area contributed by atoms with Crippen molar-refractivity contribution in [3.8, 4) is 5.75 Å². The quantitative estimate of drug-likeness (QED) is 0.631. The number of rotatable bonds is 1. The summed E-state index contributed by atoms with van der Waals surface area (Å²) in [7, 11) is 0. The third-order valence-corrected chi connectivity index (χ3v) is 2.75. The highest BCUT2D eigenvalue weighted by Gasteiger charge is 2.34. The second-order valence-electron chi connectivity index (χ2n) is 3.98. The van der Waals surface area contributed by atoms with E-state index in [1.165, 1.54) is 12.1 Å². The molecule has 0 unspecified atom stereocenters. The van der Waals surface area contributed by atoms with Crippen molar-refractivity contribution in [3.05, 3.63) is 29.6 Å². The Bertz CT molecular complexity index is 421. The molecule has 92 valence electrons. The van der Waals surface area contributed by atoms with Gasteiger partial charge in [-0.05, 0) is 12.1 Å². The van der Waals surface area contributed by atoms with E-state index in [2.05, 4.69) is 0 Å². The van der Waals surface area contributed by atoms with Gasteiger partial charge in [-0.1, -0.05) is 6.07 Å². The van der Waals surface area contributed by atoms with Crippen LogP contribution in [0.25, 0.3) is 0 Å². The molecule has 2 atom stereocenters. The van der Waals surface area contributed by atoms with Gasteiger partial charge in [0, 0.05) is 13.1 Å². The molecule has 1 amide bonds. The van der Waals surface area contributed by atoms with Crippen LogP contribution >= 0.6 is 0 Å². The van der Waals surface area contributed by atoms with Gasteiger partial charge in [-0.25, -0.2) is 4.39 Å². The van der Waals surface area contributed by atoms with Crippen LogP contribution in [0.4, 0.5) is 4.39 Å². The van der Waals surface area contributed by atoms with Crippen molar-refractivity contribution in [2.75, 3.05) is 13.1 Å². The molecule has 1 fully saturated rings. The summed E-state index contributed by atoms with van der Waals surface area (Å²) in [6, 6.07) is 3.56. The minimum absolute atomic E-state index is 0.0756. The van der Waals surface area contributed by atoms with Gasteiger partial charge >= 0.3 is 0 Å². The number of amides is 1. The van der Waals surface area contributed by atoms with Crippen LogP contribution in [0.5, 0.6) is 5.75 Å². The predicted molar refractivity (Wildman–Crippen MR) is 56.0 cm³/mol. The molecule has 0 saturated carbocycles. The molecule has 1 saturated heterocycles. The molecule has 6 heteroatoms. The van der Waals surface area contributed by atoms with Crippen LogP contribution in [0, 0.1) is 5.82 Å². The normalized spacial score (nSPS) is 24.1. The SMILES string of the molecule is O=C(c1c(O)cccc1F)N1C[C@@H](O)[C@@H](O)C1. The Kier molecular flexibility index (Phi) is 2.99. The molecular weight excluding hydrogens is 229 g/mol. The summed E-state index contributed by atoms with van der Waals surface area (Å²) in [6.07, 6.45) is -2.07. The second kappa shape index (κ2) is 4.31. The highest BCUT2D eigenvalue weighted by Crippen LogP contribution is 2.23. The number of phenols is 1. The van der Waals surface area contributed by atoms with Crippen molar-refractivity contribution in [3.63, 3.8) is 0 Å². The number of likely N-dealkylation sites (tertiary alicyclic amines) is 1. The van der Waals surface area contributed by atoms with Crippen LogP contribution in [-0.2, 0) is 0 Å². The van der Waals surface area contributed by atoms with Crippen LogP contribution in [0.2, 0.25) is 0 Å². The average Bonchev–Trinajstić information content (AvgIpc) is 2.59. The van der Waals surface area contributed by atoms with Crippen LogP contribution in [0.15, 0.2) is 18.2 Å².